The van der Waals surface area contributed by atoms with Crippen molar-refractivity contribution >= 4 is 18.0 Å². The molecule has 0 spiro atoms. The Labute approximate surface area is 204 Å². The van der Waals surface area contributed by atoms with Gasteiger partial charge in [0, 0.05) is 24.6 Å². The largest absolute Gasteiger partial charge is 0.481 e. The molecule has 35 heavy (non-hydrogen) atoms. The van der Waals surface area contributed by atoms with E-state index in [1.165, 1.54) is 11.1 Å². The van der Waals surface area contributed by atoms with Crippen molar-refractivity contribution < 1.29 is 24.2 Å². The van der Waals surface area contributed by atoms with E-state index in [2.05, 4.69) is 34.9 Å². The van der Waals surface area contributed by atoms with Crippen molar-refractivity contribution in [3.63, 3.8) is 0 Å². The van der Waals surface area contributed by atoms with Gasteiger partial charge in [0.25, 0.3) is 5.91 Å². The van der Waals surface area contributed by atoms with Crippen molar-refractivity contribution in [1.82, 2.24) is 10.6 Å². The number of carbonyl (C=O) groups is 3. The molecule has 0 atom stereocenters. The minimum absolute atomic E-state index is 0.00273. The zero-order valence-electron chi connectivity index (χ0n) is 19.7. The fourth-order valence-corrected chi connectivity index (χ4v) is 4.08. The number of fused-ring (bicyclic) bond motifs is 3. The number of amides is 2. The zero-order chi connectivity index (χ0) is 25.0. The van der Waals surface area contributed by atoms with E-state index < -0.39 is 17.5 Å². The van der Waals surface area contributed by atoms with Crippen LogP contribution in [0.4, 0.5) is 4.79 Å². The van der Waals surface area contributed by atoms with Crippen LogP contribution < -0.4 is 10.6 Å². The highest BCUT2D eigenvalue weighted by Crippen LogP contribution is 2.44. The van der Waals surface area contributed by atoms with Crippen LogP contribution in [-0.2, 0) is 16.1 Å². The van der Waals surface area contributed by atoms with E-state index >= 15 is 0 Å². The van der Waals surface area contributed by atoms with Crippen LogP contribution in [0.3, 0.4) is 0 Å². The maximum Gasteiger partial charge on any atom is 0.407 e. The van der Waals surface area contributed by atoms with Crippen molar-refractivity contribution in [3.8, 4) is 11.1 Å². The average Bonchev–Trinajstić information content (AvgIpc) is 3.18. The second kappa shape index (κ2) is 10.0. The fourth-order valence-electron chi connectivity index (χ4n) is 4.08. The molecule has 0 aromatic heterocycles. The van der Waals surface area contributed by atoms with Crippen molar-refractivity contribution in [2.75, 3.05) is 13.2 Å². The van der Waals surface area contributed by atoms with Gasteiger partial charge in [-0.05, 0) is 53.8 Å². The number of carbonyl (C=O) groups excluding carboxylic acids is 2. The molecule has 0 saturated heterocycles. The van der Waals surface area contributed by atoms with Gasteiger partial charge in [-0.25, -0.2) is 4.79 Å². The average molecular weight is 473 g/mol. The summed E-state index contributed by atoms with van der Waals surface area (Å²) in [4.78, 5) is 35.8. The summed E-state index contributed by atoms with van der Waals surface area (Å²) in [6, 6.07) is 23.1. The maximum atomic E-state index is 12.4. The molecule has 4 rings (SSSR count). The standard InChI is InChI=1S/C28H28N2O5/c1-28(2,26(32)33)17-30-25(31)19-13-11-18(12-14-19)15-29-27(34)35-16-24-22-9-5-3-7-20(22)21-8-4-6-10-23(21)24/h3-14,24H,15-17H2,1-2H3,(H,29,34)(H,30,31)(H,32,33). The molecule has 3 aromatic rings. The number of hydrogen-bond acceptors (Lipinski definition) is 4. The second-order valence-electron chi connectivity index (χ2n) is 9.25. The first kappa shape index (κ1) is 24.0. The highest BCUT2D eigenvalue weighted by molar-refractivity contribution is 5.94. The lowest BCUT2D eigenvalue weighted by Crippen LogP contribution is -2.38. The predicted molar refractivity (Wildman–Crippen MR) is 132 cm³/mol. The number of benzene rings is 3. The first-order chi connectivity index (χ1) is 16.8. The van der Waals surface area contributed by atoms with Crippen LogP contribution in [0, 0.1) is 5.41 Å². The van der Waals surface area contributed by atoms with Crippen molar-refractivity contribution in [2.45, 2.75) is 26.3 Å². The van der Waals surface area contributed by atoms with Gasteiger partial charge < -0.3 is 20.5 Å². The van der Waals surface area contributed by atoms with E-state index in [1.807, 2.05) is 24.3 Å². The normalized spacial score (nSPS) is 12.4. The zero-order valence-corrected chi connectivity index (χ0v) is 19.7. The maximum absolute atomic E-state index is 12.4. The molecule has 7 heteroatoms. The highest BCUT2D eigenvalue weighted by Gasteiger charge is 2.29. The lowest BCUT2D eigenvalue weighted by molar-refractivity contribution is -0.146. The Morgan fingerprint density at radius 1 is 0.857 bits per heavy atom. The molecule has 0 saturated carbocycles. The lowest BCUT2D eigenvalue weighted by Gasteiger charge is -2.19. The number of hydrogen-bond donors (Lipinski definition) is 3. The topological polar surface area (TPSA) is 105 Å². The highest BCUT2D eigenvalue weighted by atomic mass is 16.5. The molecule has 0 heterocycles. The number of nitrogens with one attached hydrogen (secondary N) is 2. The van der Waals surface area contributed by atoms with E-state index in [1.54, 1.807) is 38.1 Å². The Hall–Kier alpha value is -4.13. The molecular formula is C28H28N2O5. The van der Waals surface area contributed by atoms with Crippen LogP contribution >= 0.6 is 0 Å². The molecule has 180 valence electrons. The van der Waals surface area contributed by atoms with Gasteiger partial charge in [-0.1, -0.05) is 60.7 Å². The molecule has 7 nitrogen and oxygen atoms in total. The quantitative estimate of drug-likeness (QED) is 0.446. The van der Waals surface area contributed by atoms with Gasteiger partial charge in [-0.2, -0.15) is 0 Å². The van der Waals surface area contributed by atoms with Gasteiger partial charge in [-0.3, -0.25) is 9.59 Å². The van der Waals surface area contributed by atoms with Gasteiger partial charge >= 0.3 is 12.1 Å². The van der Waals surface area contributed by atoms with Crippen LogP contribution in [-0.4, -0.2) is 36.2 Å². The fraction of sp³-hybridized carbons (Fsp3) is 0.250. The molecule has 0 bridgehead atoms. The van der Waals surface area contributed by atoms with E-state index in [9.17, 15) is 14.4 Å². The van der Waals surface area contributed by atoms with Crippen molar-refractivity contribution in [2.24, 2.45) is 5.41 Å². The first-order valence-electron chi connectivity index (χ1n) is 11.5. The summed E-state index contributed by atoms with van der Waals surface area (Å²) in [5.74, 6) is -1.33. The Morgan fingerprint density at radius 3 is 2.00 bits per heavy atom. The summed E-state index contributed by atoms with van der Waals surface area (Å²) in [7, 11) is 0. The summed E-state index contributed by atoms with van der Waals surface area (Å²) in [6.45, 7) is 3.62. The smallest absolute Gasteiger partial charge is 0.407 e. The van der Waals surface area contributed by atoms with Crippen LogP contribution in [0.1, 0.15) is 46.8 Å². The van der Waals surface area contributed by atoms with Crippen molar-refractivity contribution in [1.29, 1.82) is 0 Å². The molecule has 1 aliphatic rings. The summed E-state index contributed by atoms with van der Waals surface area (Å²) in [5.41, 5.74) is 4.82. The molecule has 2 amide bonds. The Kier molecular flexibility index (Phi) is 6.87. The molecule has 0 fully saturated rings. The monoisotopic (exact) mass is 472 g/mol. The minimum atomic E-state index is -1.05. The lowest BCUT2D eigenvalue weighted by atomic mass is 9.94. The van der Waals surface area contributed by atoms with Gasteiger partial charge in [0.05, 0.1) is 5.41 Å². The van der Waals surface area contributed by atoms with E-state index in [0.717, 1.165) is 16.7 Å². The number of aliphatic carboxylic acids is 1. The molecule has 3 aromatic carbocycles. The molecular weight excluding hydrogens is 444 g/mol. The number of ether oxygens (including phenoxy) is 1. The second-order valence-corrected chi connectivity index (χ2v) is 9.25. The third kappa shape index (κ3) is 5.35. The Balaban J connectivity index is 1.28. The predicted octanol–water partition coefficient (Wildman–Crippen LogP) is 4.57. The minimum Gasteiger partial charge on any atom is -0.481 e. The first-order valence-corrected chi connectivity index (χ1v) is 11.5. The number of rotatable bonds is 8. The molecule has 0 radical (unpaired) electrons. The molecule has 1 aliphatic carbocycles. The van der Waals surface area contributed by atoms with Gasteiger partial charge in [0.1, 0.15) is 6.61 Å². The summed E-state index contributed by atoms with van der Waals surface area (Å²) in [5, 5.41) is 14.5. The van der Waals surface area contributed by atoms with E-state index in [4.69, 9.17) is 9.84 Å². The van der Waals surface area contributed by atoms with Gasteiger partial charge in [0.15, 0.2) is 0 Å². The number of alkyl carbamates (subject to hydrolysis) is 1. The van der Waals surface area contributed by atoms with E-state index in [-0.39, 0.29) is 31.5 Å². The SMILES string of the molecule is CC(C)(CNC(=O)c1ccc(CNC(=O)OCC2c3ccccc3-c3ccccc32)cc1)C(=O)O. The van der Waals surface area contributed by atoms with E-state index in [0.29, 0.717) is 5.56 Å². The van der Waals surface area contributed by atoms with Crippen LogP contribution in [0.15, 0.2) is 72.8 Å². The van der Waals surface area contributed by atoms with Crippen LogP contribution in [0.5, 0.6) is 0 Å². The number of carboxylic acid groups (broad SMARTS) is 1. The third-order valence-corrected chi connectivity index (χ3v) is 6.27. The molecule has 3 N–H and O–H groups in total. The molecule has 0 unspecified atom stereocenters. The third-order valence-electron chi connectivity index (χ3n) is 6.27. The Bertz CT molecular complexity index is 1200. The van der Waals surface area contributed by atoms with Crippen molar-refractivity contribution in [3.05, 3.63) is 95.1 Å². The summed E-state index contributed by atoms with van der Waals surface area (Å²) >= 11 is 0. The van der Waals surface area contributed by atoms with Crippen LogP contribution in [0.25, 0.3) is 11.1 Å². The van der Waals surface area contributed by atoms with Crippen LogP contribution in [0.2, 0.25) is 0 Å². The number of carboxylic acids is 1. The van der Waals surface area contributed by atoms with Gasteiger partial charge in [-0.15, -0.1) is 0 Å². The Morgan fingerprint density at radius 2 is 1.43 bits per heavy atom. The summed E-state index contributed by atoms with van der Waals surface area (Å²) < 4.78 is 5.54. The summed E-state index contributed by atoms with van der Waals surface area (Å²) in [6.07, 6.45) is -0.510. The van der Waals surface area contributed by atoms with Gasteiger partial charge in [0.2, 0.25) is 0 Å². The molecule has 0 aliphatic heterocycles.